The molecule has 5 rings (SSSR count). The van der Waals surface area contributed by atoms with E-state index in [9.17, 15) is 9.90 Å². The van der Waals surface area contributed by atoms with Crippen molar-refractivity contribution >= 4 is 40.4 Å². The second-order valence-corrected chi connectivity index (χ2v) is 9.17. The van der Waals surface area contributed by atoms with Gasteiger partial charge in [-0.1, -0.05) is 17.7 Å². The third-order valence-electron chi connectivity index (χ3n) is 5.81. The number of carbonyl (C=O) groups is 1. The van der Waals surface area contributed by atoms with Crippen LogP contribution in [0.1, 0.15) is 23.2 Å². The first kappa shape index (κ1) is 20.3. The van der Waals surface area contributed by atoms with E-state index < -0.39 is 0 Å². The maximum absolute atomic E-state index is 12.8. The van der Waals surface area contributed by atoms with Crippen molar-refractivity contribution < 1.29 is 9.90 Å². The van der Waals surface area contributed by atoms with Crippen LogP contribution in [0.3, 0.4) is 0 Å². The molecule has 8 heteroatoms. The number of aliphatic hydroxyl groups excluding tert-OH is 1. The van der Waals surface area contributed by atoms with Crippen LogP contribution in [-0.2, 0) is 0 Å². The van der Waals surface area contributed by atoms with E-state index >= 15 is 0 Å². The molecule has 0 bridgehead atoms. The number of hydrogen-bond donors (Lipinski definition) is 3. The van der Waals surface area contributed by atoms with Crippen molar-refractivity contribution in [1.29, 1.82) is 0 Å². The van der Waals surface area contributed by atoms with Gasteiger partial charge in [-0.3, -0.25) is 4.79 Å². The Hall–Kier alpha value is -2.61. The van der Waals surface area contributed by atoms with Gasteiger partial charge in [0.25, 0.3) is 5.91 Å². The lowest BCUT2D eigenvalue weighted by Gasteiger charge is -2.29. The van der Waals surface area contributed by atoms with E-state index in [4.69, 9.17) is 11.6 Å². The molecule has 4 heterocycles. The molecule has 0 aliphatic carbocycles. The van der Waals surface area contributed by atoms with Crippen LogP contribution in [0.4, 0.5) is 11.5 Å². The maximum atomic E-state index is 12.8. The number of benzene rings is 1. The quantitative estimate of drug-likeness (QED) is 0.540. The summed E-state index contributed by atoms with van der Waals surface area (Å²) in [5, 5.41) is 19.1. The predicted molar refractivity (Wildman–Crippen MR) is 126 cm³/mol. The van der Waals surface area contributed by atoms with Gasteiger partial charge < -0.3 is 20.6 Å². The van der Waals surface area contributed by atoms with Crippen molar-refractivity contribution in [2.45, 2.75) is 18.9 Å². The Labute approximate surface area is 189 Å². The average molecular weight is 455 g/mol. The summed E-state index contributed by atoms with van der Waals surface area (Å²) < 4.78 is 0. The van der Waals surface area contributed by atoms with Gasteiger partial charge in [-0.15, -0.1) is 11.3 Å². The van der Waals surface area contributed by atoms with Gasteiger partial charge in [-0.2, -0.15) is 0 Å². The number of hydrogen-bond acceptors (Lipinski definition) is 6. The molecule has 160 valence electrons. The van der Waals surface area contributed by atoms with E-state index in [2.05, 4.69) is 27.1 Å². The lowest BCUT2D eigenvalue weighted by molar-refractivity contribution is 0.0546. The molecule has 0 unspecified atom stereocenters. The van der Waals surface area contributed by atoms with E-state index in [1.807, 2.05) is 24.4 Å². The van der Waals surface area contributed by atoms with Crippen molar-refractivity contribution in [2.75, 3.05) is 36.8 Å². The lowest BCUT2D eigenvalue weighted by atomic mass is 10.0. The van der Waals surface area contributed by atoms with Crippen molar-refractivity contribution in [3.8, 4) is 21.6 Å². The van der Waals surface area contributed by atoms with Crippen LogP contribution in [0.2, 0.25) is 5.02 Å². The van der Waals surface area contributed by atoms with Crippen LogP contribution in [-0.4, -0.2) is 53.2 Å². The number of aliphatic hydroxyl groups is 1. The second-order valence-electron chi connectivity index (χ2n) is 7.85. The molecule has 1 amide bonds. The molecule has 2 aliphatic rings. The third-order valence-corrected chi connectivity index (χ3v) is 7.09. The van der Waals surface area contributed by atoms with Crippen LogP contribution in [0.15, 0.2) is 41.9 Å². The third kappa shape index (κ3) is 4.01. The molecule has 3 aromatic rings. The molecule has 1 aromatic carbocycles. The first-order valence-electron chi connectivity index (χ1n) is 10.4. The van der Waals surface area contributed by atoms with Crippen LogP contribution < -0.4 is 10.6 Å². The van der Waals surface area contributed by atoms with E-state index in [1.54, 1.807) is 22.3 Å². The van der Waals surface area contributed by atoms with Crippen LogP contribution >= 0.6 is 22.9 Å². The normalized spacial score (nSPS) is 16.4. The van der Waals surface area contributed by atoms with Gasteiger partial charge >= 0.3 is 0 Å². The highest BCUT2D eigenvalue weighted by molar-refractivity contribution is 7.14. The summed E-state index contributed by atoms with van der Waals surface area (Å²) in [5.41, 5.74) is 4.74. The Morgan fingerprint density at radius 2 is 1.94 bits per heavy atom. The molecule has 1 saturated heterocycles. The van der Waals surface area contributed by atoms with Crippen molar-refractivity contribution in [1.82, 2.24) is 9.88 Å². The van der Waals surface area contributed by atoms with Crippen LogP contribution in [0.25, 0.3) is 21.6 Å². The van der Waals surface area contributed by atoms with Crippen LogP contribution in [0.5, 0.6) is 0 Å². The number of thiophene rings is 1. The van der Waals surface area contributed by atoms with E-state index in [0.29, 0.717) is 36.5 Å². The van der Waals surface area contributed by atoms with Crippen molar-refractivity contribution in [2.24, 2.45) is 0 Å². The summed E-state index contributed by atoms with van der Waals surface area (Å²) in [6.07, 6.45) is 2.76. The fourth-order valence-electron chi connectivity index (χ4n) is 4.10. The number of carbonyl (C=O) groups excluding carboxylic acids is 1. The minimum atomic E-state index is -0.306. The molecule has 2 aromatic heterocycles. The molecule has 0 saturated carbocycles. The first-order chi connectivity index (χ1) is 15.1. The fourth-order valence-corrected chi connectivity index (χ4v) is 5.39. The highest BCUT2D eigenvalue weighted by Gasteiger charge is 2.23. The Balaban J connectivity index is 1.40. The zero-order chi connectivity index (χ0) is 21.4. The first-order valence-corrected chi connectivity index (χ1v) is 11.7. The summed E-state index contributed by atoms with van der Waals surface area (Å²) in [5.74, 6) is 0.844. The minimum absolute atomic E-state index is 0.0331. The van der Waals surface area contributed by atoms with Gasteiger partial charge in [-0.25, -0.2) is 4.98 Å². The molecular formula is C23H23ClN4O2S. The van der Waals surface area contributed by atoms with Crippen molar-refractivity contribution in [3.05, 3.63) is 52.5 Å². The number of piperidine rings is 1. The Morgan fingerprint density at radius 1 is 1.13 bits per heavy atom. The standard InChI is InChI=1S/C23H23ClN4O2S/c24-19-11-14(23(30)28-9-4-16(29)5-10-28)1-2-18(19)20-12-15(13-31-20)17-3-6-26-22-21(17)25-7-8-27-22/h1-3,6,11-13,16,25,29H,4-5,7-10H2,(H,26,27). The molecule has 31 heavy (non-hydrogen) atoms. The van der Waals surface area contributed by atoms with E-state index in [-0.39, 0.29) is 12.0 Å². The topological polar surface area (TPSA) is 77.5 Å². The Bertz CT molecular complexity index is 1120. The Morgan fingerprint density at radius 3 is 2.74 bits per heavy atom. The largest absolute Gasteiger partial charge is 0.393 e. The molecule has 0 atom stereocenters. The fraction of sp³-hybridized carbons (Fsp3) is 0.304. The monoisotopic (exact) mass is 454 g/mol. The summed E-state index contributed by atoms with van der Waals surface area (Å²) in [6, 6.07) is 9.66. The minimum Gasteiger partial charge on any atom is -0.393 e. The smallest absolute Gasteiger partial charge is 0.253 e. The summed E-state index contributed by atoms with van der Waals surface area (Å²) in [7, 11) is 0. The number of likely N-dealkylation sites (tertiary alicyclic amines) is 1. The average Bonchev–Trinajstić information content (AvgIpc) is 3.28. The highest BCUT2D eigenvalue weighted by Crippen LogP contribution is 2.40. The molecule has 2 aliphatic heterocycles. The zero-order valence-electron chi connectivity index (χ0n) is 16.9. The highest BCUT2D eigenvalue weighted by atomic mass is 35.5. The predicted octanol–water partition coefficient (Wildman–Crippen LogP) is 4.56. The van der Waals surface area contributed by atoms with Gasteiger partial charge in [0.05, 0.1) is 16.8 Å². The van der Waals surface area contributed by atoms with Gasteiger partial charge in [0.1, 0.15) is 5.82 Å². The summed E-state index contributed by atoms with van der Waals surface area (Å²) in [4.78, 5) is 20.1. The number of aromatic nitrogens is 1. The number of anilines is 2. The van der Waals surface area contributed by atoms with Crippen molar-refractivity contribution in [3.63, 3.8) is 0 Å². The molecule has 0 spiro atoms. The number of nitrogens with zero attached hydrogens (tertiary/aromatic N) is 2. The number of pyridine rings is 1. The van der Waals surface area contributed by atoms with E-state index in [1.165, 1.54) is 0 Å². The van der Waals surface area contributed by atoms with Gasteiger partial charge in [-0.05, 0) is 48.1 Å². The van der Waals surface area contributed by atoms with E-state index in [0.717, 1.165) is 46.2 Å². The molecule has 6 nitrogen and oxygen atoms in total. The number of rotatable bonds is 3. The molecular weight excluding hydrogens is 432 g/mol. The number of halogens is 1. The summed E-state index contributed by atoms with van der Waals surface area (Å²) >= 11 is 8.23. The molecule has 0 radical (unpaired) electrons. The van der Waals surface area contributed by atoms with Gasteiger partial charge in [0, 0.05) is 53.9 Å². The SMILES string of the molecule is O=C(c1ccc(-c2cc(-c3ccnc4c3NCCN4)cs2)c(Cl)c1)N1CCC(O)CC1. The lowest BCUT2D eigenvalue weighted by Crippen LogP contribution is -2.40. The van der Waals surface area contributed by atoms with Crippen LogP contribution in [0, 0.1) is 0 Å². The second kappa shape index (κ2) is 8.49. The summed E-state index contributed by atoms with van der Waals surface area (Å²) in [6.45, 7) is 2.87. The molecule has 1 fully saturated rings. The van der Waals surface area contributed by atoms with Gasteiger partial charge in [0.15, 0.2) is 0 Å². The molecule has 3 N–H and O–H groups in total. The number of fused-ring (bicyclic) bond motifs is 1. The number of amides is 1. The Kier molecular flexibility index (Phi) is 5.56. The van der Waals surface area contributed by atoms with Gasteiger partial charge in [0.2, 0.25) is 0 Å². The maximum Gasteiger partial charge on any atom is 0.253 e. The number of nitrogens with one attached hydrogen (secondary N) is 2. The zero-order valence-corrected chi connectivity index (χ0v) is 18.5.